The molecule has 20 heavy (non-hydrogen) atoms. The van der Waals surface area contributed by atoms with Crippen molar-refractivity contribution in [2.24, 2.45) is 0 Å². The van der Waals surface area contributed by atoms with Gasteiger partial charge < -0.3 is 14.2 Å². The Morgan fingerprint density at radius 3 is 2.35 bits per heavy atom. The Balaban J connectivity index is 2.17. The molecule has 0 saturated heterocycles. The second kappa shape index (κ2) is 7.06. The molecule has 0 N–H and O–H groups in total. The Morgan fingerprint density at radius 1 is 0.900 bits per heavy atom. The summed E-state index contributed by atoms with van der Waals surface area (Å²) in [5.41, 5.74) is 1.97. The van der Waals surface area contributed by atoms with E-state index in [1.807, 2.05) is 42.5 Å². The number of hydrogen-bond acceptors (Lipinski definition) is 3. The number of benzene rings is 2. The molecular weight excluding hydrogens is 276 g/mol. The normalized spacial score (nSPS) is 10.2. The first-order chi connectivity index (χ1) is 9.78. The summed E-state index contributed by atoms with van der Waals surface area (Å²) in [5, 5.41) is 0. The van der Waals surface area contributed by atoms with Gasteiger partial charge in [-0.05, 0) is 23.8 Å². The van der Waals surface area contributed by atoms with Crippen LogP contribution in [0.1, 0.15) is 11.1 Å². The lowest BCUT2D eigenvalue weighted by Crippen LogP contribution is -2.00. The molecule has 0 amide bonds. The molecular formula is C16H17ClO3. The predicted molar refractivity (Wildman–Crippen MR) is 79.9 cm³/mol. The minimum Gasteiger partial charge on any atom is -0.496 e. The van der Waals surface area contributed by atoms with Gasteiger partial charge in [0.1, 0.15) is 12.4 Å². The van der Waals surface area contributed by atoms with Crippen molar-refractivity contribution in [3.63, 3.8) is 0 Å². The Kier molecular flexibility index (Phi) is 5.13. The van der Waals surface area contributed by atoms with E-state index in [0.717, 1.165) is 16.9 Å². The average Bonchev–Trinajstić information content (AvgIpc) is 2.52. The summed E-state index contributed by atoms with van der Waals surface area (Å²) >= 11 is 5.84. The zero-order valence-corrected chi connectivity index (χ0v) is 12.3. The smallest absolute Gasteiger partial charge is 0.161 e. The Labute approximate surface area is 124 Å². The summed E-state index contributed by atoms with van der Waals surface area (Å²) in [4.78, 5) is 0. The molecule has 2 rings (SSSR count). The minimum atomic E-state index is 0.409. The second-order valence-corrected chi connectivity index (χ2v) is 4.49. The highest BCUT2D eigenvalue weighted by Gasteiger charge is 2.08. The van der Waals surface area contributed by atoms with Gasteiger partial charge in [0.2, 0.25) is 0 Å². The number of ether oxygens (including phenoxy) is 3. The van der Waals surface area contributed by atoms with Crippen LogP contribution in [0.4, 0.5) is 0 Å². The SMILES string of the molecule is COc1ccccc1COc1cc(CCl)ccc1OC. The van der Waals surface area contributed by atoms with Gasteiger partial charge in [0.05, 0.1) is 14.2 Å². The third-order valence-corrected chi connectivity index (χ3v) is 3.27. The fourth-order valence-electron chi connectivity index (χ4n) is 1.89. The summed E-state index contributed by atoms with van der Waals surface area (Å²) < 4.78 is 16.4. The lowest BCUT2D eigenvalue weighted by atomic mass is 10.2. The highest BCUT2D eigenvalue weighted by atomic mass is 35.5. The lowest BCUT2D eigenvalue weighted by molar-refractivity contribution is 0.278. The zero-order valence-electron chi connectivity index (χ0n) is 11.6. The molecule has 0 unspecified atom stereocenters. The molecule has 0 aliphatic heterocycles. The summed E-state index contributed by atoms with van der Waals surface area (Å²) in [6, 6.07) is 13.4. The first kappa shape index (κ1) is 14.5. The first-order valence-corrected chi connectivity index (χ1v) is 6.79. The number of para-hydroxylation sites is 1. The van der Waals surface area contributed by atoms with Gasteiger partial charge in [-0.3, -0.25) is 0 Å². The topological polar surface area (TPSA) is 27.7 Å². The van der Waals surface area contributed by atoms with Gasteiger partial charge in [0.15, 0.2) is 11.5 Å². The van der Waals surface area contributed by atoms with E-state index in [2.05, 4.69) is 0 Å². The molecule has 3 nitrogen and oxygen atoms in total. The van der Waals surface area contributed by atoms with Crippen LogP contribution < -0.4 is 14.2 Å². The summed E-state index contributed by atoms with van der Waals surface area (Å²) in [6.45, 7) is 0.409. The van der Waals surface area contributed by atoms with E-state index in [1.165, 1.54) is 0 Å². The summed E-state index contributed by atoms with van der Waals surface area (Å²) in [7, 11) is 3.26. The predicted octanol–water partition coefficient (Wildman–Crippen LogP) is 4.02. The molecule has 0 radical (unpaired) electrons. The third-order valence-electron chi connectivity index (χ3n) is 2.96. The summed E-state index contributed by atoms with van der Waals surface area (Å²) in [6.07, 6.45) is 0. The number of hydrogen-bond donors (Lipinski definition) is 0. The number of alkyl halides is 1. The standard InChI is InChI=1S/C16H17ClO3/c1-18-14-6-4-3-5-13(14)11-20-16-9-12(10-17)7-8-15(16)19-2/h3-9H,10-11H2,1-2H3. The fourth-order valence-corrected chi connectivity index (χ4v) is 2.06. The summed E-state index contributed by atoms with van der Waals surface area (Å²) in [5.74, 6) is 2.61. The molecule has 0 fully saturated rings. The highest BCUT2D eigenvalue weighted by molar-refractivity contribution is 6.17. The largest absolute Gasteiger partial charge is 0.496 e. The van der Waals surface area contributed by atoms with Gasteiger partial charge in [-0.2, -0.15) is 0 Å². The average molecular weight is 293 g/mol. The number of halogens is 1. The first-order valence-electron chi connectivity index (χ1n) is 6.26. The van der Waals surface area contributed by atoms with E-state index < -0.39 is 0 Å². The molecule has 2 aromatic rings. The monoisotopic (exact) mass is 292 g/mol. The number of rotatable bonds is 6. The van der Waals surface area contributed by atoms with Crippen LogP contribution in [0.2, 0.25) is 0 Å². The van der Waals surface area contributed by atoms with Gasteiger partial charge in [-0.25, -0.2) is 0 Å². The van der Waals surface area contributed by atoms with Crippen molar-refractivity contribution in [1.29, 1.82) is 0 Å². The van der Waals surface area contributed by atoms with Crippen molar-refractivity contribution >= 4 is 11.6 Å². The maximum absolute atomic E-state index is 5.84. The molecule has 0 heterocycles. The van der Waals surface area contributed by atoms with Crippen molar-refractivity contribution in [2.75, 3.05) is 14.2 Å². The van der Waals surface area contributed by atoms with E-state index >= 15 is 0 Å². The lowest BCUT2D eigenvalue weighted by Gasteiger charge is -2.13. The maximum atomic E-state index is 5.84. The van der Waals surface area contributed by atoms with Gasteiger partial charge in [-0.15, -0.1) is 11.6 Å². The molecule has 0 bridgehead atoms. The van der Waals surface area contributed by atoms with Crippen LogP contribution in [0.5, 0.6) is 17.2 Å². The Bertz CT molecular complexity index is 569. The van der Waals surface area contributed by atoms with Crippen molar-refractivity contribution in [3.05, 3.63) is 53.6 Å². The van der Waals surface area contributed by atoms with Gasteiger partial charge >= 0.3 is 0 Å². The van der Waals surface area contributed by atoms with Crippen LogP contribution in [0.25, 0.3) is 0 Å². The van der Waals surface area contributed by atoms with E-state index in [0.29, 0.717) is 24.0 Å². The van der Waals surface area contributed by atoms with Crippen LogP contribution in [-0.4, -0.2) is 14.2 Å². The fraction of sp³-hybridized carbons (Fsp3) is 0.250. The molecule has 4 heteroatoms. The second-order valence-electron chi connectivity index (χ2n) is 4.22. The van der Waals surface area contributed by atoms with Crippen LogP contribution in [-0.2, 0) is 12.5 Å². The Morgan fingerprint density at radius 2 is 1.65 bits per heavy atom. The van der Waals surface area contributed by atoms with E-state index in [-0.39, 0.29) is 0 Å². The van der Waals surface area contributed by atoms with Crippen LogP contribution in [0, 0.1) is 0 Å². The molecule has 0 spiro atoms. The van der Waals surface area contributed by atoms with E-state index in [9.17, 15) is 0 Å². The molecule has 0 aliphatic rings. The number of methoxy groups -OCH3 is 2. The van der Waals surface area contributed by atoms with Crippen molar-refractivity contribution < 1.29 is 14.2 Å². The van der Waals surface area contributed by atoms with Gasteiger partial charge in [0.25, 0.3) is 0 Å². The van der Waals surface area contributed by atoms with Gasteiger partial charge in [0, 0.05) is 11.4 Å². The van der Waals surface area contributed by atoms with Crippen molar-refractivity contribution in [2.45, 2.75) is 12.5 Å². The minimum absolute atomic E-state index is 0.409. The van der Waals surface area contributed by atoms with Crippen molar-refractivity contribution in [3.8, 4) is 17.2 Å². The van der Waals surface area contributed by atoms with Crippen LogP contribution in [0.3, 0.4) is 0 Å². The molecule has 2 aromatic carbocycles. The molecule has 0 aliphatic carbocycles. The maximum Gasteiger partial charge on any atom is 0.161 e. The quantitative estimate of drug-likeness (QED) is 0.753. The van der Waals surface area contributed by atoms with Crippen molar-refractivity contribution in [1.82, 2.24) is 0 Å². The van der Waals surface area contributed by atoms with E-state index in [4.69, 9.17) is 25.8 Å². The Hall–Kier alpha value is -1.87. The van der Waals surface area contributed by atoms with E-state index in [1.54, 1.807) is 14.2 Å². The van der Waals surface area contributed by atoms with Crippen LogP contribution in [0.15, 0.2) is 42.5 Å². The molecule has 0 saturated carbocycles. The van der Waals surface area contributed by atoms with Gasteiger partial charge in [-0.1, -0.05) is 24.3 Å². The molecule has 0 aromatic heterocycles. The zero-order chi connectivity index (χ0) is 14.4. The molecule has 106 valence electrons. The molecule has 0 atom stereocenters. The third kappa shape index (κ3) is 3.36. The van der Waals surface area contributed by atoms with Crippen LogP contribution >= 0.6 is 11.6 Å². The highest BCUT2D eigenvalue weighted by Crippen LogP contribution is 2.30.